The maximum absolute atomic E-state index is 5.97. The van der Waals surface area contributed by atoms with E-state index < -0.39 is 0 Å². The van der Waals surface area contributed by atoms with Crippen molar-refractivity contribution >= 4 is 0 Å². The van der Waals surface area contributed by atoms with Crippen LogP contribution in [-0.2, 0) is 4.74 Å². The summed E-state index contributed by atoms with van der Waals surface area (Å²) in [6, 6.07) is 0. The molecule has 3 rings (SSSR count). The normalized spacial score (nSPS) is 48.8. The van der Waals surface area contributed by atoms with Gasteiger partial charge in [-0.1, -0.05) is 13.8 Å². The molecule has 92 valence electrons. The van der Waals surface area contributed by atoms with Crippen LogP contribution in [0.4, 0.5) is 0 Å². The lowest BCUT2D eigenvalue weighted by Crippen LogP contribution is -2.36. The van der Waals surface area contributed by atoms with E-state index in [4.69, 9.17) is 4.74 Å². The molecule has 3 aliphatic rings. The van der Waals surface area contributed by atoms with Crippen LogP contribution in [0.2, 0.25) is 0 Å². The Hall–Kier alpha value is -0.0400. The Labute approximate surface area is 99.9 Å². The Balaban J connectivity index is 1.80. The SMILES string of the molecule is CC1(C)CC(C2C3CCC(C3)C2(C)C)CO1. The third-order valence-corrected chi connectivity index (χ3v) is 5.84. The Morgan fingerprint density at radius 1 is 1.00 bits per heavy atom. The van der Waals surface area contributed by atoms with Gasteiger partial charge < -0.3 is 4.74 Å². The van der Waals surface area contributed by atoms with Crippen molar-refractivity contribution in [1.29, 1.82) is 0 Å². The average Bonchev–Trinajstić information content (AvgIpc) is 2.77. The first-order chi connectivity index (χ1) is 7.40. The molecule has 0 aromatic carbocycles. The Morgan fingerprint density at radius 3 is 2.25 bits per heavy atom. The lowest BCUT2D eigenvalue weighted by atomic mass is 9.63. The van der Waals surface area contributed by atoms with Crippen molar-refractivity contribution in [3.63, 3.8) is 0 Å². The highest BCUT2D eigenvalue weighted by molar-refractivity contribution is 5.05. The summed E-state index contributed by atoms with van der Waals surface area (Å²) in [7, 11) is 0. The van der Waals surface area contributed by atoms with Crippen LogP contribution < -0.4 is 0 Å². The molecule has 3 fully saturated rings. The fourth-order valence-corrected chi connectivity index (χ4v) is 5.20. The Bertz CT molecular complexity index is 292. The van der Waals surface area contributed by atoms with E-state index in [2.05, 4.69) is 27.7 Å². The molecule has 0 aromatic rings. The minimum atomic E-state index is 0.141. The summed E-state index contributed by atoms with van der Waals surface area (Å²) in [6.07, 6.45) is 5.78. The third kappa shape index (κ3) is 1.47. The van der Waals surface area contributed by atoms with Gasteiger partial charge in [-0.05, 0) is 68.6 Å². The zero-order chi connectivity index (χ0) is 11.6. The summed E-state index contributed by atoms with van der Waals surface area (Å²) in [5, 5.41) is 0. The fraction of sp³-hybridized carbons (Fsp3) is 1.00. The van der Waals surface area contributed by atoms with Gasteiger partial charge in [0.05, 0.1) is 12.2 Å². The van der Waals surface area contributed by atoms with Crippen molar-refractivity contribution in [2.24, 2.45) is 29.1 Å². The lowest BCUT2D eigenvalue weighted by molar-refractivity contribution is 0.0253. The van der Waals surface area contributed by atoms with Gasteiger partial charge in [-0.25, -0.2) is 0 Å². The van der Waals surface area contributed by atoms with Crippen molar-refractivity contribution < 1.29 is 4.74 Å². The van der Waals surface area contributed by atoms with E-state index in [1.807, 2.05) is 0 Å². The Kier molecular flexibility index (Phi) is 2.25. The van der Waals surface area contributed by atoms with Gasteiger partial charge in [-0.3, -0.25) is 0 Å². The number of hydrogen-bond acceptors (Lipinski definition) is 1. The van der Waals surface area contributed by atoms with E-state index in [0.29, 0.717) is 5.41 Å². The van der Waals surface area contributed by atoms with Crippen molar-refractivity contribution in [2.45, 2.75) is 59.0 Å². The van der Waals surface area contributed by atoms with E-state index in [1.54, 1.807) is 0 Å². The molecule has 4 unspecified atom stereocenters. The van der Waals surface area contributed by atoms with Crippen LogP contribution in [0.5, 0.6) is 0 Å². The summed E-state index contributed by atoms with van der Waals surface area (Å²) >= 11 is 0. The van der Waals surface area contributed by atoms with Gasteiger partial charge in [0.25, 0.3) is 0 Å². The molecule has 0 N–H and O–H groups in total. The topological polar surface area (TPSA) is 9.23 Å². The van der Waals surface area contributed by atoms with Gasteiger partial charge in [0, 0.05) is 0 Å². The number of hydrogen-bond donors (Lipinski definition) is 0. The van der Waals surface area contributed by atoms with Crippen LogP contribution in [0.25, 0.3) is 0 Å². The summed E-state index contributed by atoms with van der Waals surface area (Å²) in [6.45, 7) is 10.6. The molecule has 1 aliphatic heterocycles. The Morgan fingerprint density at radius 2 is 1.75 bits per heavy atom. The van der Waals surface area contributed by atoms with Crippen LogP contribution in [0.3, 0.4) is 0 Å². The van der Waals surface area contributed by atoms with Crippen molar-refractivity contribution in [2.75, 3.05) is 6.61 Å². The summed E-state index contributed by atoms with van der Waals surface area (Å²) in [4.78, 5) is 0. The molecule has 1 nitrogen and oxygen atoms in total. The van der Waals surface area contributed by atoms with E-state index in [9.17, 15) is 0 Å². The third-order valence-electron chi connectivity index (χ3n) is 5.84. The predicted octanol–water partition coefficient (Wildman–Crippen LogP) is 3.87. The van der Waals surface area contributed by atoms with Gasteiger partial charge in [0.15, 0.2) is 0 Å². The molecule has 1 heterocycles. The highest BCUT2D eigenvalue weighted by Gasteiger charge is 2.56. The average molecular weight is 222 g/mol. The number of ether oxygens (including phenoxy) is 1. The minimum Gasteiger partial charge on any atom is -0.375 e. The molecule has 2 aliphatic carbocycles. The van der Waals surface area contributed by atoms with Gasteiger partial charge in [0.2, 0.25) is 0 Å². The lowest BCUT2D eigenvalue weighted by Gasteiger charge is -2.41. The maximum Gasteiger partial charge on any atom is 0.0630 e. The van der Waals surface area contributed by atoms with Crippen LogP contribution in [0.1, 0.15) is 53.4 Å². The molecule has 4 atom stereocenters. The van der Waals surface area contributed by atoms with Gasteiger partial charge in [-0.15, -0.1) is 0 Å². The standard InChI is InChI=1S/C15H26O/c1-14(2)8-11(9-16-14)13-10-5-6-12(7-10)15(13,3)4/h10-13H,5-9H2,1-4H3. The smallest absolute Gasteiger partial charge is 0.0630 e. The quantitative estimate of drug-likeness (QED) is 0.654. The van der Waals surface area contributed by atoms with Gasteiger partial charge in [-0.2, -0.15) is 0 Å². The van der Waals surface area contributed by atoms with Crippen molar-refractivity contribution in [3.8, 4) is 0 Å². The molecule has 1 heteroatoms. The first-order valence-corrected chi connectivity index (χ1v) is 7.04. The largest absolute Gasteiger partial charge is 0.375 e. The van der Waals surface area contributed by atoms with E-state index in [0.717, 1.165) is 30.3 Å². The summed E-state index contributed by atoms with van der Waals surface area (Å²) in [5.74, 6) is 3.79. The van der Waals surface area contributed by atoms with E-state index >= 15 is 0 Å². The first kappa shape index (κ1) is 11.1. The maximum atomic E-state index is 5.97. The van der Waals surface area contributed by atoms with E-state index in [1.165, 1.54) is 25.7 Å². The zero-order valence-electron chi connectivity index (χ0n) is 11.3. The molecule has 2 saturated carbocycles. The fourth-order valence-electron chi connectivity index (χ4n) is 5.20. The van der Waals surface area contributed by atoms with Crippen LogP contribution in [-0.4, -0.2) is 12.2 Å². The predicted molar refractivity (Wildman–Crippen MR) is 66.2 cm³/mol. The van der Waals surface area contributed by atoms with Crippen molar-refractivity contribution in [3.05, 3.63) is 0 Å². The summed E-state index contributed by atoms with van der Waals surface area (Å²) in [5.41, 5.74) is 0.722. The van der Waals surface area contributed by atoms with Gasteiger partial charge in [0.1, 0.15) is 0 Å². The van der Waals surface area contributed by atoms with Gasteiger partial charge >= 0.3 is 0 Å². The summed E-state index contributed by atoms with van der Waals surface area (Å²) < 4.78 is 5.97. The van der Waals surface area contributed by atoms with Crippen LogP contribution >= 0.6 is 0 Å². The molecular weight excluding hydrogens is 196 g/mol. The number of rotatable bonds is 1. The molecule has 1 saturated heterocycles. The molecule has 16 heavy (non-hydrogen) atoms. The number of fused-ring (bicyclic) bond motifs is 2. The molecule has 0 aromatic heterocycles. The molecule has 0 radical (unpaired) electrons. The van der Waals surface area contributed by atoms with E-state index in [-0.39, 0.29) is 5.60 Å². The highest BCUT2D eigenvalue weighted by Crippen LogP contribution is 2.63. The van der Waals surface area contributed by atoms with Crippen LogP contribution in [0, 0.1) is 29.1 Å². The van der Waals surface area contributed by atoms with Crippen molar-refractivity contribution in [1.82, 2.24) is 0 Å². The monoisotopic (exact) mass is 222 g/mol. The first-order valence-electron chi connectivity index (χ1n) is 7.04. The second-order valence-corrected chi connectivity index (χ2v) is 7.65. The molecule has 2 bridgehead atoms. The molecule has 0 spiro atoms. The van der Waals surface area contributed by atoms with Crippen LogP contribution in [0.15, 0.2) is 0 Å². The second-order valence-electron chi connectivity index (χ2n) is 7.65. The molecule has 0 amide bonds. The minimum absolute atomic E-state index is 0.141. The highest BCUT2D eigenvalue weighted by atomic mass is 16.5. The second kappa shape index (κ2) is 3.25. The zero-order valence-corrected chi connectivity index (χ0v) is 11.3. The molecular formula is C15H26O.